The Labute approximate surface area is 105 Å². The summed E-state index contributed by atoms with van der Waals surface area (Å²) in [5.74, 6) is 1.78. The smallest absolute Gasteiger partial charge is 0.0300 e. The van der Waals surface area contributed by atoms with E-state index >= 15 is 0 Å². The minimum atomic E-state index is 0.733. The minimum absolute atomic E-state index is 0.733. The van der Waals surface area contributed by atoms with Crippen molar-refractivity contribution in [3.8, 4) is 0 Å². The van der Waals surface area contributed by atoms with Gasteiger partial charge in [-0.1, -0.05) is 26.3 Å². The van der Waals surface area contributed by atoms with Gasteiger partial charge in [-0.25, -0.2) is 0 Å². The molecule has 1 heterocycles. The van der Waals surface area contributed by atoms with Crippen LogP contribution in [-0.4, -0.2) is 17.6 Å². The Morgan fingerprint density at radius 1 is 1.41 bits per heavy atom. The van der Waals surface area contributed by atoms with E-state index < -0.39 is 0 Å². The lowest BCUT2D eigenvalue weighted by molar-refractivity contribution is 0.346. The Morgan fingerprint density at radius 2 is 2.29 bits per heavy atom. The molecule has 2 heteroatoms. The van der Waals surface area contributed by atoms with Crippen LogP contribution < -0.4 is 5.32 Å². The van der Waals surface area contributed by atoms with E-state index in [0.29, 0.717) is 0 Å². The molecule has 1 aromatic heterocycles. The van der Waals surface area contributed by atoms with Gasteiger partial charge in [-0.3, -0.25) is 4.98 Å². The summed E-state index contributed by atoms with van der Waals surface area (Å²) in [5, 5.41) is 3.72. The molecule has 0 aromatic carbocycles. The van der Waals surface area contributed by atoms with Crippen LogP contribution in [0, 0.1) is 11.8 Å². The highest BCUT2D eigenvalue weighted by Crippen LogP contribution is 2.33. The Balaban J connectivity index is 1.73. The lowest BCUT2D eigenvalue weighted by Crippen LogP contribution is -2.34. The van der Waals surface area contributed by atoms with Gasteiger partial charge in [-0.2, -0.15) is 0 Å². The largest absolute Gasteiger partial charge is 0.313 e. The van der Waals surface area contributed by atoms with Gasteiger partial charge in [0.2, 0.25) is 0 Å². The second-order valence-corrected chi connectivity index (χ2v) is 5.28. The minimum Gasteiger partial charge on any atom is -0.313 e. The Kier molecular flexibility index (Phi) is 4.55. The Hall–Kier alpha value is -0.890. The van der Waals surface area contributed by atoms with Crippen LogP contribution in [0.25, 0.3) is 0 Å². The van der Waals surface area contributed by atoms with Crippen molar-refractivity contribution >= 4 is 0 Å². The number of rotatable bonds is 5. The number of pyridine rings is 1. The van der Waals surface area contributed by atoms with Gasteiger partial charge in [0.05, 0.1) is 0 Å². The predicted molar refractivity (Wildman–Crippen MR) is 71.9 cm³/mol. The third-order valence-corrected chi connectivity index (χ3v) is 4.29. The van der Waals surface area contributed by atoms with Gasteiger partial charge in [0.15, 0.2) is 0 Å². The van der Waals surface area contributed by atoms with Crippen LogP contribution in [-0.2, 0) is 6.42 Å². The monoisotopic (exact) mass is 232 g/mol. The molecule has 3 unspecified atom stereocenters. The molecular weight excluding hydrogens is 208 g/mol. The first kappa shape index (κ1) is 12.6. The summed E-state index contributed by atoms with van der Waals surface area (Å²) in [5.41, 5.74) is 1.33. The van der Waals surface area contributed by atoms with E-state index in [-0.39, 0.29) is 0 Å². The first-order valence-corrected chi connectivity index (χ1v) is 6.93. The van der Waals surface area contributed by atoms with E-state index in [1.54, 1.807) is 0 Å². The van der Waals surface area contributed by atoms with Crippen LogP contribution in [0.4, 0.5) is 0 Å². The molecule has 1 saturated carbocycles. The number of hydrogen-bond donors (Lipinski definition) is 1. The van der Waals surface area contributed by atoms with Crippen LogP contribution >= 0.6 is 0 Å². The van der Waals surface area contributed by atoms with Gasteiger partial charge in [-0.05, 0) is 49.3 Å². The van der Waals surface area contributed by atoms with E-state index in [1.807, 2.05) is 18.5 Å². The zero-order chi connectivity index (χ0) is 12.1. The van der Waals surface area contributed by atoms with Gasteiger partial charge >= 0.3 is 0 Å². The fourth-order valence-corrected chi connectivity index (χ4v) is 3.06. The summed E-state index contributed by atoms with van der Waals surface area (Å²) < 4.78 is 0. The predicted octanol–water partition coefficient (Wildman–Crippen LogP) is 3.04. The molecule has 0 saturated heterocycles. The third-order valence-electron chi connectivity index (χ3n) is 4.29. The number of aromatic nitrogens is 1. The molecule has 2 nitrogen and oxygen atoms in total. The summed E-state index contributed by atoms with van der Waals surface area (Å²) in [7, 11) is 0. The SMILES string of the molecule is CCC1CCC(NCCc2cccnc2)C1C. The van der Waals surface area contributed by atoms with Crippen molar-refractivity contribution in [3.05, 3.63) is 30.1 Å². The molecule has 1 aromatic rings. The third kappa shape index (κ3) is 3.29. The normalized spacial score (nSPS) is 28.5. The molecule has 0 spiro atoms. The maximum atomic E-state index is 4.15. The van der Waals surface area contributed by atoms with Crippen LogP contribution in [0.1, 0.15) is 38.7 Å². The summed E-state index contributed by atoms with van der Waals surface area (Å²) >= 11 is 0. The fraction of sp³-hybridized carbons (Fsp3) is 0.667. The Bertz CT molecular complexity index is 323. The van der Waals surface area contributed by atoms with E-state index in [1.165, 1.54) is 24.8 Å². The van der Waals surface area contributed by atoms with E-state index in [2.05, 4.69) is 30.2 Å². The molecule has 3 atom stereocenters. The van der Waals surface area contributed by atoms with Gasteiger partial charge in [0.25, 0.3) is 0 Å². The highest BCUT2D eigenvalue weighted by atomic mass is 14.9. The lowest BCUT2D eigenvalue weighted by Gasteiger charge is -2.21. The average molecular weight is 232 g/mol. The van der Waals surface area contributed by atoms with Crippen molar-refractivity contribution in [1.82, 2.24) is 10.3 Å². The molecule has 17 heavy (non-hydrogen) atoms. The van der Waals surface area contributed by atoms with Gasteiger partial charge in [-0.15, -0.1) is 0 Å². The molecule has 1 aliphatic carbocycles. The lowest BCUT2D eigenvalue weighted by atomic mass is 9.93. The van der Waals surface area contributed by atoms with Gasteiger partial charge in [0, 0.05) is 18.4 Å². The number of nitrogens with one attached hydrogen (secondary N) is 1. The molecular formula is C15H24N2. The van der Waals surface area contributed by atoms with Gasteiger partial charge in [0.1, 0.15) is 0 Å². The van der Waals surface area contributed by atoms with E-state index in [9.17, 15) is 0 Å². The zero-order valence-electron chi connectivity index (χ0n) is 11.0. The van der Waals surface area contributed by atoms with Crippen molar-refractivity contribution in [2.75, 3.05) is 6.54 Å². The number of hydrogen-bond acceptors (Lipinski definition) is 2. The second kappa shape index (κ2) is 6.15. The van der Waals surface area contributed by atoms with Crippen LogP contribution in [0.3, 0.4) is 0 Å². The van der Waals surface area contributed by atoms with Crippen molar-refractivity contribution < 1.29 is 0 Å². The van der Waals surface area contributed by atoms with E-state index in [4.69, 9.17) is 0 Å². The van der Waals surface area contributed by atoms with Crippen molar-refractivity contribution in [3.63, 3.8) is 0 Å². The van der Waals surface area contributed by atoms with Gasteiger partial charge < -0.3 is 5.32 Å². The topological polar surface area (TPSA) is 24.9 Å². The molecule has 0 amide bonds. The number of nitrogens with zero attached hydrogens (tertiary/aromatic N) is 1. The highest BCUT2D eigenvalue weighted by molar-refractivity contribution is 5.08. The van der Waals surface area contributed by atoms with E-state index in [0.717, 1.165) is 30.8 Å². The fourth-order valence-electron chi connectivity index (χ4n) is 3.06. The Morgan fingerprint density at radius 3 is 2.94 bits per heavy atom. The van der Waals surface area contributed by atoms with Crippen LogP contribution in [0.5, 0.6) is 0 Å². The molecule has 1 aliphatic rings. The zero-order valence-corrected chi connectivity index (χ0v) is 11.0. The standard InChI is InChI=1S/C15H24N2/c1-3-14-6-7-15(12(14)2)17-10-8-13-5-4-9-16-11-13/h4-5,9,11-12,14-15,17H,3,6-8,10H2,1-2H3. The van der Waals surface area contributed by atoms with Crippen LogP contribution in [0.2, 0.25) is 0 Å². The quantitative estimate of drug-likeness (QED) is 0.844. The van der Waals surface area contributed by atoms with Crippen molar-refractivity contribution in [1.29, 1.82) is 0 Å². The molecule has 0 aliphatic heterocycles. The molecule has 94 valence electrons. The molecule has 1 fully saturated rings. The van der Waals surface area contributed by atoms with Crippen LogP contribution in [0.15, 0.2) is 24.5 Å². The first-order chi connectivity index (χ1) is 8.31. The second-order valence-electron chi connectivity index (χ2n) is 5.28. The summed E-state index contributed by atoms with van der Waals surface area (Å²) in [6, 6.07) is 4.90. The summed E-state index contributed by atoms with van der Waals surface area (Å²) in [4.78, 5) is 4.15. The van der Waals surface area contributed by atoms with Crippen molar-refractivity contribution in [2.24, 2.45) is 11.8 Å². The maximum absolute atomic E-state index is 4.15. The summed E-state index contributed by atoms with van der Waals surface area (Å²) in [6.07, 6.45) is 8.99. The first-order valence-electron chi connectivity index (χ1n) is 6.93. The summed E-state index contributed by atoms with van der Waals surface area (Å²) in [6.45, 7) is 5.80. The van der Waals surface area contributed by atoms with Crippen molar-refractivity contribution in [2.45, 2.75) is 45.6 Å². The highest BCUT2D eigenvalue weighted by Gasteiger charge is 2.30. The molecule has 1 N–H and O–H groups in total. The molecule has 2 rings (SSSR count). The maximum Gasteiger partial charge on any atom is 0.0300 e. The molecule has 0 radical (unpaired) electrons. The average Bonchev–Trinajstić information content (AvgIpc) is 2.72. The molecule has 0 bridgehead atoms.